The van der Waals surface area contributed by atoms with Gasteiger partial charge in [-0.15, -0.1) is 0 Å². The molecule has 9 heteroatoms. The summed E-state index contributed by atoms with van der Waals surface area (Å²) < 4.78 is 77.0. The van der Waals surface area contributed by atoms with Gasteiger partial charge in [-0.2, -0.15) is 26.3 Å². The van der Waals surface area contributed by atoms with Gasteiger partial charge in [0.15, 0.2) is 0 Å². The van der Waals surface area contributed by atoms with Gasteiger partial charge in [-0.25, -0.2) is 4.79 Å². The van der Waals surface area contributed by atoms with E-state index in [1.165, 1.54) is 4.90 Å². The van der Waals surface area contributed by atoms with Crippen LogP contribution in [0.1, 0.15) is 36.6 Å². The molecule has 1 atom stereocenters. The minimum atomic E-state index is -4.91. The minimum Gasteiger partial charge on any atom is -0.329 e. The van der Waals surface area contributed by atoms with E-state index in [-0.39, 0.29) is 24.2 Å². The van der Waals surface area contributed by atoms with E-state index in [9.17, 15) is 31.1 Å². The normalized spacial score (nSPS) is 19.4. The Morgan fingerprint density at radius 2 is 1.52 bits per heavy atom. The molecular weight excluding hydrogens is 326 g/mol. The lowest BCUT2D eigenvalue weighted by molar-refractivity contribution is -0.143. The maximum absolute atomic E-state index is 12.8. The van der Waals surface area contributed by atoms with E-state index in [1.54, 1.807) is 13.8 Å². The summed E-state index contributed by atoms with van der Waals surface area (Å²) in [5, 5.41) is 2.41. The molecular formula is C14H14F6N2O. The fourth-order valence-corrected chi connectivity index (χ4v) is 2.37. The molecule has 0 aliphatic carbocycles. The predicted octanol–water partition coefficient (Wildman–Crippen LogP) is 4.20. The first-order valence-electron chi connectivity index (χ1n) is 6.76. The first kappa shape index (κ1) is 17.4. The standard InChI is InChI=1S/C14H14F6N2O/c1-7(2)22-6-11(21-12(22)23)8-3-9(13(15,16)17)5-10(4-8)14(18,19)20/h3-5,7,11H,6H2,1-2H3,(H,21,23). The van der Waals surface area contributed by atoms with Crippen molar-refractivity contribution >= 4 is 6.03 Å². The zero-order valence-corrected chi connectivity index (χ0v) is 12.2. The van der Waals surface area contributed by atoms with Gasteiger partial charge in [-0.1, -0.05) is 0 Å². The van der Waals surface area contributed by atoms with Gasteiger partial charge in [0.05, 0.1) is 17.2 Å². The Morgan fingerprint density at radius 3 is 1.87 bits per heavy atom. The molecule has 2 amide bonds. The highest BCUT2D eigenvalue weighted by Gasteiger charge is 2.39. The van der Waals surface area contributed by atoms with Crippen molar-refractivity contribution in [2.75, 3.05) is 6.54 Å². The van der Waals surface area contributed by atoms with Gasteiger partial charge in [0, 0.05) is 12.6 Å². The largest absolute Gasteiger partial charge is 0.416 e. The van der Waals surface area contributed by atoms with Crippen LogP contribution in [-0.2, 0) is 12.4 Å². The van der Waals surface area contributed by atoms with Gasteiger partial charge in [0.2, 0.25) is 0 Å². The molecule has 2 rings (SSSR count). The number of nitrogens with one attached hydrogen (secondary N) is 1. The second-order valence-corrected chi connectivity index (χ2v) is 5.59. The van der Waals surface area contributed by atoms with Gasteiger partial charge in [0.1, 0.15) is 0 Å². The Kier molecular flexibility index (Phi) is 4.25. The van der Waals surface area contributed by atoms with Gasteiger partial charge < -0.3 is 10.2 Å². The van der Waals surface area contributed by atoms with Crippen molar-refractivity contribution in [2.24, 2.45) is 0 Å². The number of hydrogen-bond donors (Lipinski definition) is 1. The number of amides is 2. The van der Waals surface area contributed by atoms with Crippen LogP contribution in [0.5, 0.6) is 0 Å². The van der Waals surface area contributed by atoms with Crippen molar-refractivity contribution in [3.63, 3.8) is 0 Å². The van der Waals surface area contributed by atoms with Crippen LogP contribution in [0.4, 0.5) is 31.1 Å². The molecule has 1 aromatic carbocycles. The highest BCUT2D eigenvalue weighted by Crippen LogP contribution is 2.38. The molecule has 1 N–H and O–H groups in total. The Labute approximate surface area is 128 Å². The molecule has 0 bridgehead atoms. The van der Waals surface area contributed by atoms with Crippen LogP contribution in [0.2, 0.25) is 0 Å². The number of rotatable bonds is 2. The van der Waals surface area contributed by atoms with Gasteiger partial charge >= 0.3 is 18.4 Å². The number of benzene rings is 1. The summed E-state index contributed by atoms with van der Waals surface area (Å²) in [5.74, 6) is 0. The van der Waals surface area contributed by atoms with Crippen LogP contribution in [0.3, 0.4) is 0 Å². The van der Waals surface area contributed by atoms with E-state index < -0.39 is 35.6 Å². The summed E-state index contributed by atoms with van der Waals surface area (Å²) >= 11 is 0. The van der Waals surface area contributed by atoms with Crippen molar-refractivity contribution < 1.29 is 31.1 Å². The molecule has 23 heavy (non-hydrogen) atoms. The SMILES string of the molecule is CC(C)N1CC(c2cc(C(F)(F)F)cc(C(F)(F)F)c2)NC1=O. The average molecular weight is 340 g/mol. The minimum absolute atomic E-state index is 0.00904. The van der Waals surface area contributed by atoms with E-state index >= 15 is 0 Å². The second kappa shape index (κ2) is 5.61. The molecule has 1 saturated heterocycles. The van der Waals surface area contributed by atoms with E-state index in [0.29, 0.717) is 12.1 Å². The molecule has 0 aromatic heterocycles. The first-order valence-corrected chi connectivity index (χ1v) is 6.76. The van der Waals surface area contributed by atoms with E-state index in [1.807, 2.05) is 0 Å². The second-order valence-electron chi connectivity index (χ2n) is 5.59. The van der Waals surface area contributed by atoms with E-state index in [0.717, 1.165) is 0 Å². The third-order valence-electron chi connectivity index (χ3n) is 3.57. The molecule has 1 aliphatic rings. The molecule has 128 valence electrons. The van der Waals surface area contributed by atoms with Crippen LogP contribution >= 0.6 is 0 Å². The van der Waals surface area contributed by atoms with Crippen molar-refractivity contribution in [2.45, 2.75) is 38.3 Å². The quantitative estimate of drug-likeness (QED) is 0.804. The van der Waals surface area contributed by atoms with Crippen molar-refractivity contribution in [3.8, 4) is 0 Å². The number of carbonyl (C=O) groups is 1. The maximum Gasteiger partial charge on any atom is 0.416 e. The van der Waals surface area contributed by atoms with Crippen LogP contribution in [0.25, 0.3) is 0 Å². The number of hydrogen-bond acceptors (Lipinski definition) is 1. The lowest BCUT2D eigenvalue weighted by atomic mass is 9.99. The highest BCUT2D eigenvalue weighted by molar-refractivity contribution is 5.77. The molecule has 3 nitrogen and oxygen atoms in total. The fraction of sp³-hybridized carbons (Fsp3) is 0.500. The summed E-state index contributed by atoms with van der Waals surface area (Å²) in [6, 6.07) is -0.300. The molecule has 1 unspecified atom stereocenters. The zero-order valence-electron chi connectivity index (χ0n) is 12.2. The molecule has 1 fully saturated rings. The Balaban J connectivity index is 2.45. The fourth-order valence-electron chi connectivity index (χ4n) is 2.37. The number of alkyl halides is 6. The van der Waals surface area contributed by atoms with Crippen molar-refractivity contribution in [3.05, 3.63) is 34.9 Å². The summed E-state index contributed by atoms with van der Waals surface area (Å²) in [6.45, 7) is 3.42. The summed E-state index contributed by atoms with van der Waals surface area (Å²) in [4.78, 5) is 13.1. The molecule has 1 aliphatic heterocycles. The third-order valence-corrected chi connectivity index (χ3v) is 3.57. The smallest absolute Gasteiger partial charge is 0.329 e. The average Bonchev–Trinajstić information content (AvgIpc) is 2.78. The number of carbonyl (C=O) groups excluding carboxylic acids is 1. The van der Waals surface area contributed by atoms with E-state index in [4.69, 9.17) is 0 Å². The topological polar surface area (TPSA) is 32.3 Å². The van der Waals surface area contributed by atoms with Crippen molar-refractivity contribution in [1.29, 1.82) is 0 Å². The summed E-state index contributed by atoms with van der Waals surface area (Å²) in [7, 11) is 0. The third kappa shape index (κ3) is 3.70. The molecule has 0 spiro atoms. The van der Waals surface area contributed by atoms with Gasteiger partial charge in [-0.3, -0.25) is 0 Å². The zero-order chi connectivity index (χ0) is 17.6. The first-order chi connectivity index (χ1) is 10.4. The molecule has 0 radical (unpaired) electrons. The lowest BCUT2D eigenvalue weighted by Crippen LogP contribution is -2.33. The summed E-state index contributed by atoms with van der Waals surface area (Å²) in [5.41, 5.74) is -3.00. The van der Waals surface area contributed by atoms with E-state index in [2.05, 4.69) is 5.32 Å². The van der Waals surface area contributed by atoms with Gasteiger partial charge in [0.25, 0.3) is 0 Å². The summed E-state index contributed by atoms with van der Waals surface area (Å²) in [6.07, 6.45) is -9.81. The Hall–Kier alpha value is -1.93. The molecule has 0 saturated carbocycles. The monoisotopic (exact) mass is 340 g/mol. The Morgan fingerprint density at radius 1 is 1.04 bits per heavy atom. The molecule has 1 heterocycles. The van der Waals surface area contributed by atoms with Crippen LogP contribution in [0.15, 0.2) is 18.2 Å². The number of urea groups is 1. The van der Waals surface area contributed by atoms with Crippen LogP contribution in [-0.4, -0.2) is 23.5 Å². The Bertz CT molecular complexity index is 576. The van der Waals surface area contributed by atoms with Crippen LogP contribution < -0.4 is 5.32 Å². The number of halogens is 6. The predicted molar refractivity (Wildman–Crippen MR) is 69.6 cm³/mol. The van der Waals surface area contributed by atoms with Gasteiger partial charge in [-0.05, 0) is 37.6 Å². The highest BCUT2D eigenvalue weighted by atomic mass is 19.4. The van der Waals surface area contributed by atoms with Crippen LogP contribution in [0, 0.1) is 0 Å². The number of nitrogens with zero attached hydrogens (tertiary/aromatic N) is 1. The van der Waals surface area contributed by atoms with Crippen molar-refractivity contribution in [1.82, 2.24) is 10.2 Å². The lowest BCUT2D eigenvalue weighted by Gasteiger charge is -2.20. The maximum atomic E-state index is 12.8. The molecule has 1 aromatic rings.